The van der Waals surface area contributed by atoms with Crippen LogP contribution in [0.5, 0.6) is 5.75 Å². The summed E-state index contributed by atoms with van der Waals surface area (Å²) < 4.78 is 46.0. The normalized spacial score (nSPS) is 18.1. The predicted octanol–water partition coefficient (Wildman–Crippen LogP) is 4.03. The molecule has 1 fully saturated rings. The smallest absolute Gasteiger partial charge is 0.406 e. The van der Waals surface area contributed by atoms with Crippen molar-refractivity contribution in [3.8, 4) is 5.75 Å². The van der Waals surface area contributed by atoms with Crippen molar-refractivity contribution in [2.24, 2.45) is 0 Å². The molecule has 0 radical (unpaired) electrons. The second-order valence-corrected chi connectivity index (χ2v) is 6.00. The fourth-order valence-corrected chi connectivity index (χ4v) is 2.82. The Morgan fingerprint density at radius 1 is 0.960 bits per heavy atom. The van der Waals surface area contributed by atoms with E-state index in [-0.39, 0.29) is 11.9 Å². The molecule has 134 valence electrons. The Labute approximate surface area is 144 Å². The van der Waals surface area contributed by atoms with Gasteiger partial charge in [-0.15, -0.1) is 13.2 Å². The van der Waals surface area contributed by atoms with E-state index in [4.69, 9.17) is 4.74 Å². The van der Waals surface area contributed by atoms with E-state index in [1.807, 2.05) is 0 Å². The van der Waals surface area contributed by atoms with Crippen molar-refractivity contribution < 1.29 is 22.6 Å². The molecule has 1 saturated heterocycles. The minimum absolute atomic E-state index is 0.101. The molecule has 0 spiro atoms. The number of alkyl halides is 3. The van der Waals surface area contributed by atoms with Crippen LogP contribution < -0.4 is 10.1 Å². The topological polar surface area (TPSA) is 30.5 Å². The maximum atomic E-state index is 12.1. The van der Waals surface area contributed by atoms with Crippen molar-refractivity contribution in [1.82, 2.24) is 5.32 Å². The van der Waals surface area contributed by atoms with Gasteiger partial charge in [-0.25, -0.2) is 0 Å². The Morgan fingerprint density at radius 3 is 2.08 bits per heavy atom. The Kier molecular flexibility index (Phi) is 5.60. The van der Waals surface area contributed by atoms with E-state index in [2.05, 4.69) is 34.3 Å². The minimum Gasteiger partial charge on any atom is -0.406 e. The first-order valence-electron chi connectivity index (χ1n) is 8.25. The van der Waals surface area contributed by atoms with Crippen molar-refractivity contribution in [3.05, 3.63) is 65.2 Å². The number of benzene rings is 2. The zero-order valence-electron chi connectivity index (χ0n) is 13.7. The van der Waals surface area contributed by atoms with Gasteiger partial charge in [-0.05, 0) is 41.7 Å². The molecule has 3 nitrogen and oxygen atoms in total. The number of nitrogens with one attached hydrogen (secondary N) is 1. The maximum absolute atomic E-state index is 12.1. The van der Waals surface area contributed by atoms with Crippen molar-refractivity contribution >= 4 is 0 Å². The molecular weight excluding hydrogens is 331 g/mol. The Morgan fingerprint density at radius 2 is 1.56 bits per heavy atom. The molecule has 0 unspecified atom stereocenters. The first-order valence-corrected chi connectivity index (χ1v) is 8.25. The molecule has 1 atom stereocenters. The first kappa shape index (κ1) is 17.8. The van der Waals surface area contributed by atoms with E-state index in [0.29, 0.717) is 0 Å². The fraction of sp³-hybridized carbons (Fsp3) is 0.368. The highest BCUT2D eigenvalue weighted by Crippen LogP contribution is 2.23. The average Bonchev–Trinajstić information content (AvgIpc) is 2.61. The van der Waals surface area contributed by atoms with Crippen LogP contribution in [-0.4, -0.2) is 26.1 Å². The Bertz CT molecular complexity index is 663. The summed E-state index contributed by atoms with van der Waals surface area (Å²) in [6, 6.07) is 14.3. The minimum atomic E-state index is -4.65. The molecule has 0 amide bonds. The van der Waals surface area contributed by atoms with Crippen LogP contribution >= 0.6 is 0 Å². The summed E-state index contributed by atoms with van der Waals surface area (Å²) in [4.78, 5) is 0. The van der Waals surface area contributed by atoms with Gasteiger partial charge in [0.05, 0.1) is 12.7 Å². The van der Waals surface area contributed by atoms with Crippen LogP contribution in [0.25, 0.3) is 0 Å². The number of hydrogen-bond acceptors (Lipinski definition) is 3. The number of morpholine rings is 1. The zero-order chi connectivity index (χ0) is 17.7. The van der Waals surface area contributed by atoms with Crippen LogP contribution in [0.3, 0.4) is 0 Å². The van der Waals surface area contributed by atoms with E-state index in [1.165, 1.54) is 17.7 Å². The second-order valence-electron chi connectivity index (χ2n) is 6.00. The van der Waals surface area contributed by atoms with E-state index < -0.39 is 6.36 Å². The summed E-state index contributed by atoms with van der Waals surface area (Å²) in [6.07, 6.45) is -2.97. The zero-order valence-corrected chi connectivity index (χ0v) is 13.7. The third kappa shape index (κ3) is 5.47. The van der Waals surface area contributed by atoms with Crippen LogP contribution in [-0.2, 0) is 17.6 Å². The monoisotopic (exact) mass is 351 g/mol. The lowest BCUT2D eigenvalue weighted by atomic mass is 10.0. The number of ether oxygens (including phenoxy) is 2. The van der Waals surface area contributed by atoms with Gasteiger partial charge in [0, 0.05) is 13.1 Å². The van der Waals surface area contributed by atoms with Gasteiger partial charge < -0.3 is 14.8 Å². The molecular formula is C19H20F3NO2. The van der Waals surface area contributed by atoms with Gasteiger partial charge in [-0.1, -0.05) is 36.4 Å². The average molecular weight is 351 g/mol. The summed E-state index contributed by atoms with van der Waals surface area (Å²) >= 11 is 0. The molecule has 0 aromatic heterocycles. The highest BCUT2D eigenvalue weighted by atomic mass is 19.4. The molecule has 0 aliphatic carbocycles. The number of aryl methyl sites for hydroxylation is 2. The van der Waals surface area contributed by atoms with Crippen LogP contribution in [0.4, 0.5) is 13.2 Å². The van der Waals surface area contributed by atoms with Crippen molar-refractivity contribution in [2.45, 2.75) is 25.3 Å². The number of rotatable bonds is 5. The van der Waals surface area contributed by atoms with E-state index in [0.717, 1.165) is 43.7 Å². The third-order valence-electron chi connectivity index (χ3n) is 4.14. The molecule has 1 aliphatic rings. The third-order valence-corrected chi connectivity index (χ3v) is 4.14. The second kappa shape index (κ2) is 7.89. The molecule has 1 aliphatic heterocycles. The highest BCUT2D eigenvalue weighted by Gasteiger charge is 2.30. The van der Waals surface area contributed by atoms with Crippen LogP contribution in [0.2, 0.25) is 0 Å². The molecule has 2 aromatic carbocycles. The lowest BCUT2D eigenvalue weighted by Gasteiger charge is -2.24. The molecule has 25 heavy (non-hydrogen) atoms. The molecule has 1 heterocycles. The molecule has 1 N–H and O–H groups in total. The first-order chi connectivity index (χ1) is 12.0. The van der Waals surface area contributed by atoms with Crippen LogP contribution in [0, 0.1) is 0 Å². The van der Waals surface area contributed by atoms with Gasteiger partial charge in [-0.2, -0.15) is 0 Å². The van der Waals surface area contributed by atoms with Gasteiger partial charge in [0.15, 0.2) is 0 Å². The number of halogens is 3. The standard InChI is InChI=1S/C19H20F3NO2/c20-19(21,22)25-17-9-5-15(6-10-17)2-1-14-3-7-16(8-4-14)18-13-23-11-12-24-18/h3-10,18,23H,1-2,11-13H2/t18-/m1/s1. The summed E-state index contributed by atoms with van der Waals surface area (Å²) in [5, 5.41) is 3.31. The Balaban J connectivity index is 1.52. The highest BCUT2D eigenvalue weighted by molar-refractivity contribution is 5.29. The molecule has 0 bridgehead atoms. The largest absolute Gasteiger partial charge is 0.573 e. The molecule has 6 heteroatoms. The summed E-state index contributed by atoms with van der Waals surface area (Å²) in [5.74, 6) is -0.193. The molecule has 2 aromatic rings. The van der Waals surface area contributed by atoms with Gasteiger partial charge in [0.1, 0.15) is 5.75 Å². The van der Waals surface area contributed by atoms with Gasteiger partial charge >= 0.3 is 6.36 Å². The lowest BCUT2D eigenvalue weighted by molar-refractivity contribution is -0.274. The maximum Gasteiger partial charge on any atom is 0.573 e. The lowest BCUT2D eigenvalue weighted by Crippen LogP contribution is -2.33. The van der Waals surface area contributed by atoms with E-state index in [9.17, 15) is 13.2 Å². The number of hydrogen-bond donors (Lipinski definition) is 1. The quantitative estimate of drug-likeness (QED) is 0.882. The van der Waals surface area contributed by atoms with Crippen LogP contribution in [0.15, 0.2) is 48.5 Å². The Hall–Kier alpha value is -2.05. The van der Waals surface area contributed by atoms with Crippen LogP contribution in [0.1, 0.15) is 22.8 Å². The van der Waals surface area contributed by atoms with Gasteiger partial charge in [-0.3, -0.25) is 0 Å². The van der Waals surface area contributed by atoms with Gasteiger partial charge in [0.25, 0.3) is 0 Å². The summed E-state index contributed by atoms with van der Waals surface area (Å²) in [6.45, 7) is 2.44. The van der Waals surface area contributed by atoms with Crippen molar-refractivity contribution in [3.63, 3.8) is 0 Å². The molecule has 0 saturated carbocycles. The van der Waals surface area contributed by atoms with Crippen molar-refractivity contribution in [2.75, 3.05) is 19.7 Å². The van der Waals surface area contributed by atoms with Gasteiger partial charge in [0.2, 0.25) is 0 Å². The van der Waals surface area contributed by atoms with E-state index >= 15 is 0 Å². The SMILES string of the molecule is FC(F)(F)Oc1ccc(CCc2ccc([C@H]3CNCCO3)cc2)cc1. The molecule has 3 rings (SSSR count). The van der Waals surface area contributed by atoms with E-state index in [1.54, 1.807) is 12.1 Å². The fourth-order valence-electron chi connectivity index (χ4n) is 2.82. The predicted molar refractivity (Wildman–Crippen MR) is 88.5 cm³/mol. The van der Waals surface area contributed by atoms with Crippen molar-refractivity contribution in [1.29, 1.82) is 0 Å². The summed E-state index contributed by atoms with van der Waals surface area (Å²) in [5.41, 5.74) is 3.31. The summed E-state index contributed by atoms with van der Waals surface area (Å²) in [7, 11) is 0.